The van der Waals surface area contributed by atoms with Gasteiger partial charge >= 0.3 is 0 Å². The summed E-state index contributed by atoms with van der Waals surface area (Å²) < 4.78 is 0. The first kappa shape index (κ1) is 15.7. The van der Waals surface area contributed by atoms with E-state index in [0.717, 1.165) is 12.1 Å². The van der Waals surface area contributed by atoms with Crippen LogP contribution in [0, 0.1) is 0 Å². The first-order valence-electron chi connectivity index (χ1n) is 7.37. The zero-order chi connectivity index (χ0) is 14.9. The summed E-state index contributed by atoms with van der Waals surface area (Å²) in [5, 5.41) is 19.4. The molecule has 0 spiro atoms. The molecule has 21 heavy (non-hydrogen) atoms. The summed E-state index contributed by atoms with van der Waals surface area (Å²) in [5.74, 6) is 0. The van der Waals surface area contributed by atoms with Crippen LogP contribution in [0.1, 0.15) is 11.1 Å². The van der Waals surface area contributed by atoms with Crippen LogP contribution >= 0.6 is 0 Å². The lowest BCUT2D eigenvalue weighted by Gasteiger charge is -2.24. The molecule has 0 amide bonds. The fourth-order valence-electron chi connectivity index (χ4n) is 2.47. The summed E-state index contributed by atoms with van der Waals surface area (Å²) in [6.45, 7) is 1.98. The molecule has 0 aromatic heterocycles. The van der Waals surface area contributed by atoms with Crippen LogP contribution in [0.25, 0.3) is 0 Å². The SMILES string of the molecule is OCCN(Cc1ccccc1)CC(O)Cc1ccccc1. The topological polar surface area (TPSA) is 43.7 Å². The van der Waals surface area contributed by atoms with Gasteiger partial charge in [0, 0.05) is 19.6 Å². The highest BCUT2D eigenvalue weighted by atomic mass is 16.3. The molecule has 0 bridgehead atoms. The van der Waals surface area contributed by atoms with Gasteiger partial charge < -0.3 is 10.2 Å². The van der Waals surface area contributed by atoms with Gasteiger partial charge in [-0.1, -0.05) is 60.7 Å². The Balaban J connectivity index is 1.89. The van der Waals surface area contributed by atoms with Crippen molar-refractivity contribution in [3.05, 3.63) is 71.8 Å². The van der Waals surface area contributed by atoms with Gasteiger partial charge in [0.2, 0.25) is 0 Å². The Morgan fingerprint density at radius 2 is 1.43 bits per heavy atom. The van der Waals surface area contributed by atoms with Gasteiger partial charge in [-0.05, 0) is 17.5 Å². The summed E-state index contributed by atoms with van der Waals surface area (Å²) in [6.07, 6.45) is 0.208. The van der Waals surface area contributed by atoms with E-state index in [-0.39, 0.29) is 6.61 Å². The minimum Gasteiger partial charge on any atom is -0.395 e. The molecule has 1 atom stereocenters. The molecule has 0 saturated carbocycles. The molecule has 2 rings (SSSR count). The van der Waals surface area contributed by atoms with Crippen LogP contribution in [0.4, 0.5) is 0 Å². The fourth-order valence-corrected chi connectivity index (χ4v) is 2.47. The van der Waals surface area contributed by atoms with Gasteiger partial charge in [-0.25, -0.2) is 0 Å². The van der Waals surface area contributed by atoms with Crippen LogP contribution in [0.15, 0.2) is 60.7 Å². The van der Waals surface area contributed by atoms with Crippen molar-refractivity contribution in [3.8, 4) is 0 Å². The second-order valence-corrected chi connectivity index (χ2v) is 5.29. The summed E-state index contributed by atoms with van der Waals surface area (Å²) >= 11 is 0. The summed E-state index contributed by atoms with van der Waals surface area (Å²) in [7, 11) is 0. The van der Waals surface area contributed by atoms with Crippen LogP contribution in [-0.2, 0) is 13.0 Å². The summed E-state index contributed by atoms with van der Waals surface area (Å²) in [6, 6.07) is 20.1. The third-order valence-corrected chi connectivity index (χ3v) is 3.45. The van der Waals surface area contributed by atoms with E-state index in [9.17, 15) is 10.2 Å². The average Bonchev–Trinajstić information content (AvgIpc) is 2.49. The molecule has 3 nitrogen and oxygen atoms in total. The highest BCUT2D eigenvalue weighted by molar-refractivity contribution is 5.16. The first-order valence-corrected chi connectivity index (χ1v) is 7.37. The molecule has 2 N–H and O–H groups in total. The second-order valence-electron chi connectivity index (χ2n) is 5.29. The van der Waals surface area contributed by atoms with Crippen LogP contribution in [-0.4, -0.2) is 40.9 Å². The Labute approximate surface area is 126 Å². The molecular formula is C18H23NO2. The number of aliphatic hydroxyl groups is 2. The highest BCUT2D eigenvalue weighted by Crippen LogP contribution is 2.08. The minimum absolute atomic E-state index is 0.102. The Morgan fingerprint density at radius 1 is 0.857 bits per heavy atom. The van der Waals surface area contributed by atoms with Crippen LogP contribution in [0.2, 0.25) is 0 Å². The number of nitrogens with zero attached hydrogens (tertiary/aromatic N) is 1. The van der Waals surface area contributed by atoms with Crippen molar-refractivity contribution in [3.63, 3.8) is 0 Å². The van der Waals surface area contributed by atoms with E-state index >= 15 is 0 Å². The Morgan fingerprint density at radius 3 is 2.00 bits per heavy atom. The quantitative estimate of drug-likeness (QED) is 0.780. The second kappa shape index (κ2) is 8.57. The van der Waals surface area contributed by atoms with Crippen LogP contribution in [0.5, 0.6) is 0 Å². The van der Waals surface area contributed by atoms with Gasteiger partial charge in [0.1, 0.15) is 0 Å². The van der Waals surface area contributed by atoms with E-state index in [4.69, 9.17) is 0 Å². The van der Waals surface area contributed by atoms with E-state index < -0.39 is 6.10 Å². The van der Waals surface area contributed by atoms with Crippen LogP contribution in [0.3, 0.4) is 0 Å². The van der Waals surface area contributed by atoms with Gasteiger partial charge in [-0.15, -0.1) is 0 Å². The molecule has 112 valence electrons. The molecule has 0 aliphatic rings. The van der Waals surface area contributed by atoms with Crippen molar-refractivity contribution >= 4 is 0 Å². The summed E-state index contributed by atoms with van der Waals surface area (Å²) in [4.78, 5) is 2.09. The smallest absolute Gasteiger partial charge is 0.0707 e. The molecule has 0 saturated heterocycles. The number of benzene rings is 2. The molecule has 0 aliphatic carbocycles. The number of hydrogen-bond acceptors (Lipinski definition) is 3. The lowest BCUT2D eigenvalue weighted by molar-refractivity contribution is 0.0956. The first-order chi connectivity index (χ1) is 10.3. The van der Waals surface area contributed by atoms with Gasteiger partial charge in [-0.2, -0.15) is 0 Å². The van der Waals surface area contributed by atoms with E-state index in [1.165, 1.54) is 5.56 Å². The van der Waals surface area contributed by atoms with Gasteiger partial charge in [0.05, 0.1) is 12.7 Å². The average molecular weight is 285 g/mol. The van der Waals surface area contributed by atoms with Crippen molar-refractivity contribution in [1.82, 2.24) is 4.90 Å². The zero-order valence-electron chi connectivity index (χ0n) is 12.2. The Bertz CT molecular complexity index is 501. The van der Waals surface area contributed by atoms with Crippen molar-refractivity contribution in [2.45, 2.75) is 19.1 Å². The van der Waals surface area contributed by atoms with E-state index in [1.807, 2.05) is 48.5 Å². The molecule has 1 unspecified atom stereocenters. The molecule has 0 radical (unpaired) electrons. The third kappa shape index (κ3) is 5.68. The molecule has 2 aromatic carbocycles. The summed E-state index contributed by atoms with van der Waals surface area (Å²) in [5.41, 5.74) is 2.33. The lowest BCUT2D eigenvalue weighted by atomic mass is 10.1. The lowest BCUT2D eigenvalue weighted by Crippen LogP contribution is -2.35. The number of aliphatic hydroxyl groups excluding tert-OH is 2. The standard InChI is InChI=1S/C18H23NO2/c20-12-11-19(14-17-9-5-2-6-10-17)15-18(21)13-16-7-3-1-4-8-16/h1-10,18,20-21H,11-15H2. The largest absolute Gasteiger partial charge is 0.395 e. The third-order valence-electron chi connectivity index (χ3n) is 3.45. The number of hydrogen-bond donors (Lipinski definition) is 2. The normalized spacial score (nSPS) is 12.5. The van der Waals surface area contributed by atoms with Crippen molar-refractivity contribution < 1.29 is 10.2 Å². The van der Waals surface area contributed by atoms with Gasteiger partial charge in [-0.3, -0.25) is 4.90 Å². The molecule has 0 fully saturated rings. The van der Waals surface area contributed by atoms with Crippen molar-refractivity contribution in [2.75, 3.05) is 19.7 Å². The van der Waals surface area contributed by atoms with E-state index in [1.54, 1.807) is 0 Å². The fraction of sp³-hybridized carbons (Fsp3) is 0.333. The minimum atomic E-state index is -0.428. The molecule has 0 aliphatic heterocycles. The maximum Gasteiger partial charge on any atom is 0.0707 e. The van der Waals surface area contributed by atoms with E-state index in [2.05, 4.69) is 17.0 Å². The van der Waals surface area contributed by atoms with E-state index in [0.29, 0.717) is 19.5 Å². The van der Waals surface area contributed by atoms with Gasteiger partial charge in [0.25, 0.3) is 0 Å². The maximum absolute atomic E-state index is 10.3. The van der Waals surface area contributed by atoms with Crippen LogP contribution < -0.4 is 0 Å². The molecular weight excluding hydrogens is 262 g/mol. The molecule has 2 aromatic rings. The zero-order valence-corrected chi connectivity index (χ0v) is 12.2. The number of rotatable bonds is 8. The monoisotopic (exact) mass is 285 g/mol. The predicted octanol–water partition coefficient (Wildman–Crippen LogP) is 2.08. The molecule has 3 heteroatoms. The Hall–Kier alpha value is -1.68. The maximum atomic E-state index is 10.3. The predicted molar refractivity (Wildman–Crippen MR) is 85.0 cm³/mol. The van der Waals surface area contributed by atoms with Gasteiger partial charge in [0.15, 0.2) is 0 Å². The Kier molecular flexibility index (Phi) is 6.41. The molecule has 0 heterocycles. The van der Waals surface area contributed by atoms with Crippen molar-refractivity contribution in [1.29, 1.82) is 0 Å². The van der Waals surface area contributed by atoms with Crippen molar-refractivity contribution in [2.24, 2.45) is 0 Å². The highest BCUT2D eigenvalue weighted by Gasteiger charge is 2.12.